The lowest BCUT2D eigenvalue weighted by molar-refractivity contribution is -0.138. The molecule has 2 aliphatic rings. The number of aryl methyl sites for hydroxylation is 2. The van der Waals surface area contributed by atoms with Crippen LogP contribution >= 0.6 is 0 Å². The summed E-state index contributed by atoms with van der Waals surface area (Å²) < 4.78 is 35.7. The minimum Gasteiger partial charge on any atom is -0.480 e. The third-order valence-electron chi connectivity index (χ3n) is 8.25. The molecule has 11 heteroatoms. The number of amides is 1. The maximum atomic E-state index is 14.3. The maximum absolute atomic E-state index is 14.3. The number of hydrogen-bond donors (Lipinski definition) is 1. The Kier molecular flexibility index (Phi) is 7.06. The van der Waals surface area contributed by atoms with Crippen LogP contribution in [0.15, 0.2) is 40.9 Å². The highest BCUT2D eigenvalue weighted by molar-refractivity contribution is 5.95. The summed E-state index contributed by atoms with van der Waals surface area (Å²) in [6, 6.07) is 9.11. The number of likely N-dealkylation sites (tertiary alicyclic amines) is 1. The van der Waals surface area contributed by atoms with Crippen LogP contribution in [0, 0.1) is 25.5 Å². The third kappa shape index (κ3) is 4.99. The van der Waals surface area contributed by atoms with E-state index in [-0.39, 0.29) is 18.5 Å². The van der Waals surface area contributed by atoms with E-state index in [1.807, 2.05) is 36.9 Å². The Labute approximate surface area is 235 Å². The van der Waals surface area contributed by atoms with E-state index >= 15 is 0 Å². The van der Waals surface area contributed by atoms with E-state index in [0.29, 0.717) is 62.5 Å². The second kappa shape index (κ2) is 10.7. The van der Waals surface area contributed by atoms with Crippen molar-refractivity contribution in [3.05, 3.63) is 65.3 Å². The molecule has 2 aromatic carbocycles. The number of aliphatic carboxylic acids is 1. The SMILES string of the molecule is Cc1noc(C)c1-c1ccc2c(c1)nc([C@@H]1CCCC(=O)N1c1ccc(F)c(F)c1)n2C1CCN(CC(=O)O)CC1. The molecule has 6 rings (SSSR count). The van der Waals surface area contributed by atoms with Crippen LogP contribution in [0.1, 0.15) is 61.5 Å². The largest absolute Gasteiger partial charge is 0.480 e. The van der Waals surface area contributed by atoms with Crippen molar-refractivity contribution in [3.63, 3.8) is 0 Å². The van der Waals surface area contributed by atoms with Gasteiger partial charge in [0.25, 0.3) is 0 Å². The van der Waals surface area contributed by atoms with E-state index in [0.717, 1.165) is 40.0 Å². The lowest BCUT2D eigenvalue weighted by Gasteiger charge is -2.38. The maximum Gasteiger partial charge on any atom is 0.317 e. The number of fused-ring (bicyclic) bond motifs is 1. The number of carboxylic acids is 1. The number of benzene rings is 2. The van der Waals surface area contributed by atoms with E-state index in [4.69, 9.17) is 9.51 Å². The molecule has 4 aromatic rings. The summed E-state index contributed by atoms with van der Waals surface area (Å²) in [6.07, 6.45) is 2.99. The van der Waals surface area contributed by atoms with Crippen LogP contribution in [0.3, 0.4) is 0 Å². The van der Waals surface area contributed by atoms with Gasteiger partial charge in [0.15, 0.2) is 11.6 Å². The molecule has 0 bridgehead atoms. The fourth-order valence-corrected chi connectivity index (χ4v) is 6.39. The first-order chi connectivity index (χ1) is 19.7. The van der Waals surface area contributed by atoms with Gasteiger partial charge < -0.3 is 19.1 Å². The number of nitrogens with zero attached hydrogens (tertiary/aromatic N) is 5. The number of aromatic nitrogens is 3. The van der Waals surface area contributed by atoms with Gasteiger partial charge in [-0.1, -0.05) is 11.2 Å². The first-order valence-electron chi connectivity index (χ1n) is 13.9. The van der Waals surface area contributed by atoms with Gasteiger partial charge in [0.2, 0.25) is 5.91 Å². The second-order valence-electron chi connectivity index (χ2n) is 10.9. The van der Waals surface area contributed by atoms with Gasteiger partial charge in [-0.15, -0.1) is 0 Å². The molecular weight excluding hydrogens is 532 g/mol. The van der Waals surface area contributed by atoms with Gasteiger partial charge in [-0.3, -0.25) is 14.5 Å². The van der Waals surface area contributed by atoms with E-state index in [2.05, 4.69) is 9.72 Å². The number of hydrogen-bond acceptors (Lipinski definition) is 6. The Hall–Kier alpha value is -4.12. The fourth-order valence-electron chi connectivity index (χ4n) is 6.39. The van der Waals surface area contributed by atoms with E-state index < -0.39 is 23.6 Å². The average molecular weight is 564 g/mol. The van der Waals surface area contributed by atoms with Crippen LogP contribution in [-0.4, -0.2) is 56.2 Å². The lowest BCUT2D eigenvalue weighted by atomic mass is 9.98. The van der Waals surface area contributed by atoms with Crippen LogP contribution in [0.5, 0.6) is 0 Å². The molecule has 0 saturated carbocycles. The van der Waals surface area contributed by atoms with Gasteiger partial charge in [0.05, 0.1) is 29.3 Å². The normalized spacial score (nSPS) is 18.9. The summed E-state index contributed by atoms with van der Waals surface area (Å²) in [7, 11) is 0. The molecule has 2 aromatic heterocycles. The van der Waals surface area contributed by atoms with Crippen molar-refractivity contribution in [2.45, 2.75) is 58.0 Å². The minimum absolute atomic E-state index is 0.00785. The molecule has 41 heavy (non-hydrogen) atoms. The minimum atomic E-state index is -1.01. The fraction of sp³-hybridized carbons (Fsp3) is 0.400. The number of rotatable bonds is 6. The number of carboxylic acid groups (broad SMARTS) is 1. The predicted octanol–water partition coefficient (Wildman–Crippen LogP) is 5.57. The number of carbonyl (C=O) groups is 2. The van der Waals surface area contributed by atoms with Crippen molar-refractivity contribution in [1.29, 1.82) is 0 Å². The molecule has 1 atom stereocenters. The molecule has 2 saturated heterocycles. The van der Waals surface area contributed by atoms with Crippen LogP contribution in [0.4, 0.5) is 14.5 Å². The highest BCUT2D eigenvalue weighted by Crippen LogP contribution is 2.41. The monoisotopic (exact) mass is 563 g/mol. The van der Waals surface area contributed by atoms with Crippen molar-refractivity contribution in [2.24, 2.45) is 0 Å². The van der Waals surface area contributed by atoms with Crippen LogP contribution in [0.25, 0.3) is 22.2 Å². The molecule has 4 heterocycles. The quantitative estimate of drug-likeness (QED) is 0.327. The first kappa shape index (κ1) is 27.1. The molecule has 0 spiro atoms. The molecule has 9 nitrogen and oxygen atoms in total. The predicted molar refractivity (Wildman–Crippen MR) is 147 cm³/mol. The Morgan fingerprint density at radius 1 is 1.07 bits per heavy atom. The molecule has 2 aliphatic heterocycles. The molecule has 0 unspecified atom stereocenters. The Balaban J connectivity index is 1.47. The third-order valence-corrected chi connectivity index (χ3v) is 8.25. The summed E-state index contributed by atoms with van der Waals surface area (Å²) in [5.41, 5.74) is 4.53. The second-order valence-corrected chi connectivity index (χ2v) is 10.9. The van der Waals surface area contributed by atoms with Crippen LogP contribution in [0.2, 0.25) is 0 Å². The Bertz CT molecular complexity index is 1620. The van der Waals surface area contributed by atoms with Crippen molar-refractivity contribution in [3.8, 4) is 11.1 Å². The van der Waals surface area contributed by atoms with Crippen molar-refractivity contribution in [2.75, 3.05) is 24.5 Å². The summed E-state index contributed by atoms with van der Waals surface area (Å²) in [5, 5.41) is 13.3. The number of halogens is 2. The highest BCUT2D eigenvalue weighted by Gasteiger charge is 2.36. The van der Waals surface area contributed by atoms with E-state index in [9.17, 15) is 23.5 Å². The van der Waals surface area contributed by atoms with Gasteiger partial charge >= 0.3 is 5.97 Å². The smallest absolute Gasteiger partial charge is 0.317 e. The van der Waals surface area contributed by atoms with Crippen LogP contribution < -0.4 is 4.90 Å². The molecule has 2 fully saturated rings. The number of carbonyl (C=O) groups excluding carboxylic acids is 1. The zero-order chi connectivity index (χ0) is 28.8. The molecule has 0 radical (unpaired) electrons. The first-order valence-corrected chi connectivity index (χ1v) is 13.9. The molecular formula is C30H31F2N5O4. The summed E-state index contributed by atoms with van der Waals surface area (Å²) in [4.78, 5) is 33.2. The Morgan fingerprint density at radius 2 is 1.85 bits per heavy atom. The van der Waals surface area contributed by atoms with Crippen molar-refractivity contribution < 1.29 is 28.0 Å². The van der Waals surface area contributed by atoms with E-state index in [1.54, 1.807) is 4.90 Å². The van der Waals surface area contributed by atoms with Gasteiger partial charge in [0.1, 0.15) is 11.6 Å². The number of imidazole rings is 1. The van der Waals surface area contributed by atoms with Crippen LogP contribution in [-0.2, 0) is 9.59 Å². The summed E-state index contributed by atoms with van der Waals surface area (Å²) in [5.74, 6) is -1.62. The summed E-state index contributed by atoms with van der Waals surface area (Å²) >= 11 is 0. The number of piperidine rings is 2. The van der Waals surface area contributed by atoms with Gasteiger partial charge in [-0.25, -0.2) is 13.8 Å². The van der Waals surface area contributed by atoms with Crippen molar-refractivity contribution in [1.82, 2.24) is 19.6 Å². The summed E-state index contributed by atoms with van der Waals surface area (Å²) in [6.45, 7) is 4.97. The lowest BCUT2D eigenvalue weighted by Crippen LogP contribution is -2.41. The molecule has 1 amide bonds. The van der Waals surface area contributed by atoms with Gasteiger partial charge in [-0.05, 0) is 69.4 Å². The zero-order valence-corrected chi connectivity index (χ0v) is 22.9. The molecule has 214 valence electrons. The Morgan fingerprint density at radius 3 is 2.54 bits per heavy atom. The highest BCUT2D eigenvalue weighted by atomic mass is 19.2. The van der Waals surface area contributed by atoms with E-state index in [1.165, 1.54) is 6.07 Å². The number of anilines is 1. The van der Waals surface area contributed by atoms with Gasteiger partial charge in [-0.2, -0.15) is 0 Å². The topological polar surface area (TPSA) is 105 Å². The average Bonchev–Trinajstić information content (AvgIpc) is 3.49. The molecule has 1 N–H and O–H groups in total. The standard InChI is InChI=1S/C30H31F2N5O4/c1-17-29(18(2)41-34-17)19-6-9-25-24(14-19)33-30(37(25)20-10-12-35(13-11-20)16-28(39)40)26-4-3-5-27(38)36(26)21-7-8-22(31)23(32)15-21/h6-9,14-15,20,26H,3-5,10-13,16H2,1-2H3,(H,39,40)/t26-/m0/s1. The zero-order valence-electron chi connectivity index (χ0n) is 22.9. The molecule has 0 aliphatic carbocycles. The van der Waals surface area contributed by atoms with Crippen molar-refractivity contribution >= 4 is 28.6 Å². The van der Waals surface area contributed by atoms with Gasteiger partial charge in [0, 0.05) is 42.9 Å².